The van der Waals surface area contributed by atoms with Crippen molar-refractivity contribution in [3.63, 3.8) is 0 Å². The highest BCUT2D eigenvalue weighted by Crippen LogP contribution is 2.41. The molecule has 4 rings (SSSR count). The number of hydrogen-bond donors (Lipinski definition) is 3. The first-order valence-corrected chi connectivity index (χ1v) is 10.1. The highest BCUT2D eigenvalue weighted by atomic mass is 32.1. The van der Waals surface area contributed by atoms with Crippen LogP contribution in [-0.2, 0) is 4.79 Å². The van der Waals surface area contributed by atoms with Crippen LogP contribution in [0.5, 0.6) is 5.75 Å². The zero-order chi connectivity index (χ0) is 19.7. The van der Waals surface area contributed by atoms with Gasteiger partial charge in [-0.15, -0.1) is 11.3 Å². The number of hydrogen-bond acceptors (Lipinski definition) is 7. The van der Waals surface area contributed by atoms with Gasteiger partial charge in [0, 0.05) is 16.3 Å². The summed E-state index contributed by atoms with van der Waals surface area (Å²) in [5.41, 5.74) is 15.3. The maximum Gasteiger partial charge on any atom is 0.238 e. The van der Waals surface area contributed by atoms with Crippen molar-refractivity contribution in [2.75, 3.05) is 43.5 Å². The van der Waals surface area contributed by atoms with Gasteiger partial charge in [-0.2, -0.15) is 0 Å². The smallest absolute Gasteiger partial charge is 0.238 e. The number of carbonyl (C=O) groups excluding carboxylic acids is 1. The molecule has 0 atom stereocenters. The number of benzene rings is 1. The Labute approximate surface area is 167 Å². The number of thiophene rings is 1. The number of rotatable bonds is 5. The van der Waals surface area contributed by atoms with Gasteiger partial charge in [-0.1, -0.05) is 6.07 Å². The third-order valence-electron chi connectivity index (χ3n) is 5.01. The minimum Gasteiger partial charge on any atom is -0.495 e. The molecule has 8 heteroatoms. The number of nitrogen functional groups attached to an aromatic ring is 2. The highest BCUT2D eigenvalue weighted by molar-refractivity contribution is 7.18. The van der Waals surface area contributed by atoms with Gasteiger partial charge in [0.2, 0.25) is 5.91 Å². The van der Waals surface area contributed by atoms with E-state index in [2.05, 4.69) is 15.2 Å². The van der Waals surface area contributed by atoms with Crippen molar-refractivity contribution in [3.8, 4) is 16.9 Å². The quantitative estimate of drug-likeness (QED) is 0.571. The van der Waals surface area contributed by atoms with Crippen LogP contribution in [0.2, 0.25) is 0 Å². The molecule has 7 nitrogen and oxygen atoms in total. The Balaban J connectivity index is 1.67. The van der Waals surface area contributed by atoms with Crippen LogP contribution in [0.4, 0.5) is 17.2 Å². The Bertz CT molecular complexity index is 1030. The molecular weight excluding hydrogens is 374 g/mol. The number of amides is 1. The molecule has 3 heterocycles. The predicted molar refractivity (Wildman–Crippen MR) is 115 cm³/mol. The molecule has 1 aliphatic rings. The molecule has 5 N–H and O–H groups in total. The minimum atomic E-state index is -0.0288. The van der Waals surface area contributed by atoms with Gasteiger partial charge in [0.25, 0.3) is 0 Å². The van der Waals surface area contributed by atoms with E-state index in [0.717, 1.165) is 47.1 Å². The van der Waals surface area contributed by atoms with Gasteiger partial charge in [0.15, 0.2) is 0 Å². The van der Waals surface area contributed by atoms with Crippen LogP contribution in [0, 0.1) is 0 Å². The van der Waals surface area contributed by atoms with Crippen molar-refractivity contribution >= 4 is 44.5 Å². The van der Waals surface area contributed by atoms with Crippen LogP contribution in [-0.4, -0.2) is 42.5 Å². The monoisotopic (exact) mass is 397 g/mol. The molecule has 1 saturated heterocycles. The maximum absolute atomic E-state index is 12.5. The van der Waals surface area contributed by atoms with Crippen molar-refractivity contribution in [1.29, 1.82) is 0 Å². The molecule has 28 heavy (non-hydrogen) atoms. The average molecular weight is 398 g/mol. The number of aromatic nitrogens is 1. The molecule has 146 valence electrons. The Morgan fingerprint density at radius 2 is 2.11 bits per heavy atom. The molecule has 0 bridgehead atoms. The summed E-state index contributed by atoms with van der Waals surface area (Å²) >= 11 is 1.53. The van der Waals surface area contributed by atoms with Gasteiger partial charge < -0.3 is 21.5 Å². The van der Waals surface area contributed by atoms with E-state index in [-0.39, 0.29) is 5.91 Å². The van der Waals surface area contributed by atoms with Crippen molar-refractivity contribution in [2.24, 2.45) is 0 Å². The number of ether oxygens (including phenoxy) is 1. The third kappa shape index (κ3) is 3.48. The van der Waals surface area contributed by atoms with Crippen LogP contribution in [0.25, 0.3) is 21.2 Å². The van der Waals surface area contributed by atoms with Crippen LogP contribution < -0.4 is 21.5 Å². The number of fused-ring (bicyclic) bond motifs is 1. The summed E-state index contributed by atoms with van der Waals surface area (Å²) in [6.07, 6.45) is 3.93. The standard InChI is InChI=1S/C20H23N5O2S/c1-27-16-8-12(4-5-14(16)21)13-11-28-19-15(9-23-20(22)18(13)19)24-17(26)10-25-6-2-3-7-25/h4-5,8-9,11H,2-3,6-7,10,21H2,1H3,(H2,22,23)(H,24,26). The topological polar surface area (TPSA) is 106 Å². The van der Waals surface area contributed by atoms with Crippen LogP contribution in [0.15, 0.2) is 29.8 Å². The first-order chi connectivity index (χ1) is 13.6. The van der Waals surface area contributed by atoms with E-state index in [0.29, 0.717) is 29.5 Å². The van der Waals surface area contributed by atoms with Gasteiger partial charge in [0.1, 0.15) is 11.6 Å². The summed E-state index contributed by atoms with van der Waals surface area (Å²) in [4.78, 5) is 18.9. The number of carbonyl (C=O) groups is 1. The number of nitrogens with one attached hydrogen (secondary N) is 1. The highest BCUT2D eigenvalue weighted by Gasteiger charge is 2.19. The molecule has 0 saturated carbocycles. The summed E-state index contributed by atoms with van der Waals surface area (Å²) in [6, 6.07) is 5.62. The average Bonchev–Trinajstić information content (AvgIpc) is 3.35. The summed E-state index contributed by atoms with van der Waals surface area (Å²) in [5.74, 6) is 1.01. The molecule has 1 aromatic carbocycles. The van der Waals surface area contributed by atoms with Crippen molar-refractivity contribution in [2.45, 2.75) is 12.8 Å². The van der Waals surface area contributed by atoms with Crippen molar-refractivity contribution in [1.82, 2.24) is 9.88 Å². The minimum absolute atomic E-state index is 0.0288. The Hall–Kier alpha value is -2.84. The first kappa shape index (κ1) is 18.5. The van der Waals surface area contributed by atoms with Crippen LogP contribution in [0.1, 0.15) is 12.8 Å². The largest absolute Gasteiger partial charge is 0.495 e. The third-order valence-corrected chi connectivity index (χ3v) is 6.02. The molecule has 1 amide bonds. The molecule has 1 aliphatic heterocycles. The Morgan fingerprint density at radius 3 is 2.86 bits per heavy atom. The molecule has 3 aromatic rings. The summed E-state index contributed by atoms with van der Waals surface area (Å²) < 4.78 is 6.25. The lowest BCUT2D eigenvalue weighted by molar-refractivity contribution is -0.117. The molecule has 1 fully saturated rings. The normalized spacial score (nSPS) is 14.5. The van der Waals surface area contributed by atoms with E-state index in [9.17, 15) is 4.79 Å². The van der Waals surface area contributed by atoms with Gasteiger partial charge in [-0.05, 0) is 43.6 Å². The molecule has 0 unspecified atom stereocenters. The number of methoxy groups -OCH3 is 1. The lowest BCUT2D eigenvalue weighted by atomic mass is 10.0. The second-order valence-electron chi connectivity index (χ2n) is 6.90. The number of pyridine rings is 1. The summed E-state index contributed by atoms with van der Waals surface area (Å²) in [7, 11) is 1.59. The molecule has 0 spiro atoms. The number of nitrogens with two attached hydrogens (primary N) is 2. The fourth-order valence-electron chi connectivity index (χ4n) is 3.58. The van der Waals surface area contributed by atoms with Crippen LogP contribution >= 0.6 is 11.3 Å². The fourth-order valence-corrected chi connectivity index (χ4v) is 4.63. The van der Waals surface area contributed by atoms with E-state index >= 15 is 0 Å². The zero-order valence-electron chi connectivity index (χ0n) is 15.7. The van der Waals surface area contributed by atoms with E-state index in [1.807, 2.05) is 23.6 Å². The van der Waals surface area contributed by atoms with Crippen molar-refractivity contribution < 1.29 is 9.53 Å². The second kappa shape index (κ2) is 7.65. The number of anilines is 3. The number of nitrogens with zero attached hydrogens (tertiary/aromatic N) is 2. The molecular formula is C20H23N5O2S. The second-order valence-corrected chi connectivity index (χ2v) is 7.78. The van der Waals surface area contributed by atoms with E-state index < -0.39 is 0 Å². The summed E-state index contributed by atoms with van der Waals surface area (Å²) in [6.45, 7) is 2.36. The fraction of sp³-hybridized carbons (Fsp3) is 0.300. The zero-order valence-corrected chi connectivity index (χ0v) is 16.5. The van der Waals surface area contributed by atoms with Gasteiger partial charge in [-0.3, -0.25) is 9.69 Å². The first-order valence-electron chi connectivity index (χ1n) is 9.18. The molecule has 0 aliphatic carbocycles. The Kier molecular flexibility index (Phi) is 5.06. The van der Waals surface area contributed by atoms with E-state index in [1.165, 1.54) is 11.3 Å². The van der Waals surface area contributed by atoms with E-state index in [4.69, 9.17) is 16.2 Å². The summed E-state index contributed by atoms with van der Waals surface area (Å²) in [5, 5.41) is 5.85. The SMILES string of the molecule is COc1cc(-c2csc3c(NC(=O)CN4CCCC4)cnc(N)c23)ccc1N. The maximum atomic E-state index is 12.5. The Morgan fingerprint density at radius 1 is 1.32 bits per heavy atom. The van der Waals surface area contributed by atoms with Gasteiger partial charge >= 0.3 is 0 Å². The van der Waals surface area contributed by atoms with Crippen molar-refractivity contribution in [3.05, 3.63) is 29.8 Å². The lowest BCUT2D eigenvalue weighted by Crippen LogP contribution is -2.30. The predicted octanol–water partition coefficient (Wildman–Crippen LogP) is 3.17. The molecule has 2 aromatic heterocycles. The number of likely N-dealkylation sites (tertiary alicyclic amines) is 1. The van der Waals surface area contributed by atoms with Crippen LogP contribution in [0.3, 0.4) is 0 Å². The van der Waals surface area contributed by atoms with Gasteiger partial charge in [0.05, 0.1) is 35.9 Å². The molecule has 0 radical (unpaired) electrons. The van der Waals surface area contributed by atoms with E-state index in [1.54, 1.807) is 13.3 Å². The van der Waals surface area contributed by atoms with Gasteiger partial charge in [-0.25, -0.2) is 4.98 Å². The lowest BCUT2D eigenvalue weighted by Gasteiger charge is -2.14.